The molecule has 0 amide bonds. The number of nitrogens with zero attached hydrogens (tertiary/aromatic N) is 3. The second kappa shape index (κ2) is 13.8. The Morgan fingerprint density at radius 3 is 1.79 bits per heavy atom. The van der Waals surface area contributed by atoms with Gasteiger partial charge in [0.05, 0.1) is 5.41 Å². The van der Waals surface area contributed by atoms with Gasteiger partial charge in [-0.1, -0.05) is 24.4 Å². The van der Waals surface area contributed by atoms with Gasteiger partial charge >= 0.3 is 12.1 Å². The average Bonchev–Trinajstić information content (AvgIpc) is 2.88. The molecule has 0 heterocycles. The molecule has 0 aliphatic heterocycles. The Morgan fingerprint density at radius 1 is 0.795 bits per heavy atom. The fourth-order valence-electron chi connectivity index (χ4n) is 2.73. The van der Waals surface area contributed by atoms with Gasteiger partial charge < -0.3 is 34.5 Å². The van der Waals surface area contributed by atoms with Crippen molar-refractivity contribution >= 4 is 29.3 Å². The number of rotatable bonds is 15. The maximum absolute atomic E-state index is 12.8. The fourth-order valence-corrected chi connectivity index (χ4v) is 2.87. The van der Waals surface area contributed by atoms with Crippen LogP contribution in [0, 0.1) is 35.8 Å². The van der Waals surface area contributed by atoms with E-state index >= 15 is 0 Å². The fraction of sp³-hybridized carbons (Fsp3) is 0.250. The number of benzene rings is 2. The molecule has 0 saturated carbocycles. The molecule has 2 rings (SSSR count). The van der Waals surface area contributed by atoms with Crippen molar-refractivity contribution in [2.45, 2.75) is 0 Å². The zero-order chi connectivity index (χ0) is 29.0. The highest BCUT2D eigenvalue weighted by Gasteiger charge is 2.37. The van der Waals surface area contributed by atoms with Gasteiger partial charge in [-0.25, -0.2) is 9.59 Å². The molecule has 0 aliphatic carbocycles. The molecule has 39 heavy (non-hydrogen) atoms. The van der Waals surface area contributed by atoms with Crippen LogP contribution in [0.4, 0.5) is 4.79 Å². The number of hydrogen-bond acceptors (Lipinski definition) is 15. The van der Waals surface area contributed by atoms with Crippen molar-refractivity contribution in [3.8, 4) is 11.5 Å². The van der Waals surface area contributed by atoms with E-state index < -0.39 is 59.2 Å². The van der Waals surface area contributed by atoms with Crippen molar-refractivity contribution in [3.63, 3.8) is 0 Å². The molecule has 0 bridgehead atoms. The number of nitrogens with two attached hydrogens (primary N) is 1. The Bertz CT molecular complexity index is 1190. The van der Waals surface area contributed by atoms with Crippen molar-refractivity contribution in [1.82, 2.24) is 0 Å². The van der Waals surface area contributed by atoms with E-state index in [4.69, 9.17) is 32.2 Å². The molecular weight excluding hydrogens is 552 g/mol. The first kappa shape index (κ1) is 29.9. The van der Waals surface area contributed by atoms with Crippen LogP contribution in [0.25, 0.3) is 0 Å². The summed E-state index contributed by atoms with van der Waals surface area (Å²) in [5.74, 6) is -1.46. The summed E-state index contributed by atoms with van der Waals surface area (Å²) in [6, 6.07) is 10.9. The van der Waals surface area contributed by atoms with E-state index in [0.717, 1.165) is 0 Å². The topological polar surface area (TPSA) is 245 Å². The van der Waals surface area contributed by atoms with E-state index in [9.17, 15) is 39.9 Å². The number of carbonyl (C=O) groups excluding carboxylic acids is 2. The van der Waals surface area contributed by atoms with Crippen molar-refractivity contribution in [1.29, 1.82) is 0 Å². The third kappa shape index (κ3) is 9.92. The Hall–Kier alpha value is -5.33. The molecule has 208 valence electrons. The summed E-state index contributed by atoms with van der Waals surface area (Å²) >= 11 is 4.83. The van der Waals surface area contributed by atoms with Crippen LogP contribution >= 0.6 is 12.2 Å². The smallest absolute Gasteiger partial charge is 0.461 e. The lowest BCUT2D eigenvalue weighted by Crippen LogP contribution is -2.44. The van der Waals surface area contributed by atoms with Gasteiger partial charge in [0.1, 0.15) is 48.5 Å². The zero-order valence-electron chi connectivity index (χ0n) is 19.5. The Kier molecular flexibility index (Phi) is 10.6. The van der Waals surface area contributed by atoms with Crippen LogP contribution in [0.1, 0.15) is 15.9 Å². The summed E-state index contributed by atoms with van der Waals surface area (Å²) in [7, 11) is 0. The van der Waals surface area contributed by atoms with E-state index in [0.29, 0.717) is 5.56 Å². The van der Waals surface area contributed by atoms with Crippen molar-refractivity contribution < 1.29 is 53.6 Å². The van der Waals surface area contributed by atoms with Gasteiger partial charge in [-0.15, -0.1) is 30.3 Å². The number of thiocarbonyl (C=S) groups is 1. The SMILES string of the molecule is NC(=S)c1ccc(OC(=O)Oc2ccccc2C(=O)OCC(CO[N+](=O)[O-])(CO[N+](=O)[O-])CO[N+](=O)[O-])cc1. The Labute approximate surface area is 222 Å². The van der Waals surface area contributed by atoms with Gasteiger partial charge in [0.25, 0.3) is 15.3 Å². The molecule has 0 spiro atoms. The maximum atomic E-state index is 12.8. The van der Waals surface area contributed by atoms with E-state index in [1.54, 1.807) is 0 Å². The third-order valence-corrected chi connectivity index (χ3v) is 4.81. The highest BCUT2D eigenvalue weighted by atomic mass is 32.1. The first-order valence-electron chi connectivity index (χ1n) is 10.3. The molecule has 2 aromatic rings. The number of para-hydroxylation sites is 1. The van der Waals surface area contributed by atoms with Crippen LogP contribution < -0.4 is 15.2 Å². The summed E-state index contributed by atoms with van der Waals surface area (Å²) in [4.78, 5) is 69.7. The summed E-state index contributed by atoms with van der Waals surface area (Å²) < 4.78 is 15.2. The third-order valence-electron chi connectivity index (χ3n) is 4.58. The van der Waals surface area contributed by atoms with Gasteiger partial charge in [0, 0.05) is 5.56 Å². The van der Waals surface area contributed by atoms with Crippen molar-refractivity contribution in [2.75, 3.05) is 26.4 Å². The molecule has 0 radical (unpaired) electrons. The van der Waals surface area contributed by atoms with Gasteiger partial charge in [0.2, 0.25) is 0 Å². The molecule has 0 fully saturated rings. The lowest BCUT2D eigenvalue weighted by molar-refractivity contribution is -0.782. The summed E-state index contributed by atoms with van der Waals surface area (Å²) in [6.45, 7) is -4.09. The molecule has 0 aromatic heterocycles. The van der Waals surface area contributed by atoms with E-state index in [1.165, 1.54) is 48.5 Å². The molecule has 0 saturated heterocycles. The number of hydrogen-bond donors (Lipinski definition) is 1. The molecule has 2 aromatic carbocycles. The van der Waals surface area contributed by atoms with Crippen LogP contribution in [0.2, 0.25) is 0 Å². The summed E-state index contributed by atoms with van der Waals surface area (Å²) in [5.41, 5.74) is 3.60. The lowest BCUT2D eigenvalue weighted by Gasteiger charge is -2.29. The summed E-state index contributed by atoms with van der Waals surface area (Å²) in [5, 5.41) is 28.2. The van der Waals surface area contributed by atoms with Gasteiger partial charge in [-0.2, -0.15) is 0 Å². The zero-order valence-corrected chi connectivity index (χ0v) is 20.3. The molecule has 2 N–H and O–H groups in total. The number of ether oxygens (including phenoxy) is 3. The second-order valence-electron chi connectivity index (χ2n) is 7.41. The van der Waals surface area contributed by atoms with Gasteiger partial charge in [0.15, 0.2) is 0 Å². The normalized spacial score (nSPS) is 10.5. The monoisotopic (exact) mass is 570 g/mol. The van der Waals surface area contributed by atoms with E-state index in [-0.39, 0.29) is 22.1 Å². The predicted molar refractivity (Wildman–Crippen MR) is 127 cm³/mol. The first-order valence-corrected chi connectivity index (χ1v) is 10.7. The van der Waals surface area contributed by atoms with Crippen LogP contribution in [-0.2, 0) is 19.2 Å². The molecule has 0 unspecified atom stereocenters. The average molecular weight is 570 g/mol. The van der Waals surface area contributed by atoms with Crippen LogP contribution in [0.3, 0.4) is 0 Å². The van der Waals surface area contributed by atoms with E-state index in [1.807, 2.05) is 0 Å². The molecule has 0 atom stereocenters. The quantitative estimate of drug-likeness (QED) is 0.105. The predicted octanol–water partition coefficient (Wildman–Crippen LogP) is 1.67. The maximum Gasteiger partial charge on any atom is 0.519 e. The molecule has 18 nitrogen and oxygen atoms in total. The highest BCUT2D eigenvalue weighted by Crippen LogP contribution is 2.25. The Balaban J connectivity index is 2.17. The van der Waals surface area contributed by atoms with Crippen molar-refractivity contribution in [3.05, 3.63) is 90.0 Å². The number of carbonyl (C=O) groups is 2. The minimum Gasteiger partial charge on any atom is -0.461 e. The van der Waals surface area contributed by atoms with Crippen LogP contribution in [-0.4, -0.2) is 58.8 Å². The molecule has 0 aliphatic rings. The standard InChI is InChI=1S/C20H18N4O14S/c21-17(39)13-5-7-14(8-6-13)37-19(26)38-16-4-2-1-3-15(16)18(25)33-9-20(10-34-22(27)28,11-35-23(29)30)12-36-24(31)32/h1-8H,9-12H2,(H2,21,39). The highest BCUT2D eigenvalue weighted by molar-refractivity contribution is 7.80. The molecular formula is C20H18N4O14S. The van der Waals surface area contributed by atoms with E-state index in [2.05, 4.69) is 14.5 Å². The van der Waals surface area contributed by atoms with Gasteiger partial charge in [-0.05, 0) is 36.4 Å². The minimum absolute atomic E-state index is 0.0622. The molecule has 19 heteroatoms. The first-order chi connectivity index (χ1) is 18.4. The van der Waals surface area contributed by atoms with Crippen molar-refractivity contribution in [2.24, 2.45) is 11.1 Å². The van der Waals surface area contributed by atoms with Crippen LogP contribution in [0.15, 0.2) is 48.5 Å². The second-order valence-corrected chi connectivity index (χ2v) is 7.85. The van der Waals surface area contributed by atoms with Gasteiger partial charge in [-0.3, -0.25) is 0 Å². The summed E-state index contributed by atoms with van der Waals surface area (Å²) in [6.07, 6.45) is -1.24. The largest absolute Gasteiger partial charge is 0.519 e. The Morgan fingerprint density at radius 2 is 1.31 bits per heavy atom. The number of esters is 1. The van der Waals surface area contributed by atoms with Crippen LogP contribution in [0.5, 0.6) is 11.5 Å². The minimum atomic E-state index is -2.07. The lowest BCUT2D eigenvalue weighted by atomic mass is 9.92.